The van der Waals surface area contributed by atoms with Crippen LogP contribution in [0.2, 0.25) is 0 Å². The van der Waals surface area contributed by atoms with Crippen molar-refractivity contribution >= 4 is 23.2 Å². The Hall–Kier alpha value is -2.61. The van der Waals surface area contributed by atoms with Gasteiger partial charge in [0.15, 0.2) is 0 Å². The maximum Gasteiger partial charge on any atom is 0.248 e. The molecule has 0 unspecified atom stereocenters. The molecule has 5 nitrogen and oxygen atoms in total. The van der Waals surface area contributed by atoms with Crippen LogP contribution in [0, 0.1) is 16.7 Å². The quantitative estimate of drug-likeness (QED) is 0.834. The largest absolute Gasteiger partial charge is 0.325 e. The summed E-state index contributed by atoms with van der Waals surface area (Å²) in [4.78, 5) is 23.1. The zero-order valence-electron chi connectivity index (χ0n) is 12.4. The zero-order valence-corrected chi connectivity index (χ0v) is 12.4. The summed E-state index contributed by atoms with van der Waals surface area (Å²) in [6, 6.07) is 8.54. The van der Waals surface area contributed by atoms with Gasteiger partial charge < -0.3 is 10.6 Å². The number of amides is 2. The van der Waals surface area contributed by atoms with Gasteiger partial charge in [0.25, 0.3) is 0 Å². The van der Waals surface area contributed by atoms with Crippen LogP contribution in [0.15, 0.2) is 36.4 Å². The third-order valence-electron chi connectivity index (χ3n) is 2.39. The molecular formula is C16H19N3O2. The molecule has 0 heterocycles. The highest BCUT2D eigenvalue weighted by Gasteiger charge is 2.06. The lowest BCUT2D eigenvalue weighted by Crippen LogP contribution is -2.12. The number of nitrogens with zero attached hydrogens (tertiary/aromatic N) is 1. The lowest BCUT2D eigenvalue weighted by atomic mass is 9.96. The summed E-state index contributed by atoms with van der Waals surface area (Å²) in [5.74, 6) is -0.612. The minimum Gasteiger partial charge on any atom is -0.325 e. The van der Waals surface area contributed by atoms with Crippen LogP contribution in [-0.4, -0.2) is 11.8 Å². The Morgan fingerprint density at radius 1 is 1.24 bits per heavy atom. The molecule has 21 heavy (non-hydrogen) atoms. The second-order valence-corrected chi connectivity index (χ2v) is 5.65. The Morgan fingerprint density at radius 3 is 2.43 bits per heavy atom. The monoisotopic (exact) mass is 285 g/mol. The van der Waals surface area contributed by atoms with E-state index in [1.807, 2.05) is 26.8 Å². The van der Waals surface area contributed by atoms with Gasteiger partial charge in [-0.3, -0.25) is 9.59 Å². The van der Waals surface area contributed by atoms with E-state index in [4.69, 9.17) is 5.26 Å². The Labute approximate surface area is 124 Å². The van der Waals surface area contributed by atoms with Crippen molar-refractivity contribution in [2.24, 2.45) is 5.41 Å². The Kier molecular flexibility index (Phi) is 5.67. The van der Waals surface area contributed by atoms with E-state index in [-0.39, 0.29) is 23.7 Å². The minimum absolute atomic E-state index is 0.0650. The van der Waals surface area contributed by atoms with Crippen molar-refractivity contribution in [2.75, 3.05) is 10.6 Å². The van der Waals surface area contributed by atoms with E-state index in [1.54, 1.807) is 30.3 Å². The fourth-order valence-electron chi connectivity index (χ4n) is 1.46. The summed E-state index contributed by atoms with van der Waals surface area (Å²) >= 11 is 0. The van der Waals surface area contributed by atoms with Crippen molar-refractivity contribution in [3.05, 3.63) is 36.4 Å². The first-order valence-corrected chi connectivity index (χ1v) is 6.57. The molecule has 2 N–H and O–H groups in total. The van der Waals surface area contributed by atoms with Crippen molar-refractivity contribution in [3.8, 4) is 6.07 Å². The van der Waals surface area contributed by atoms with Crippen molar-refractivity contribution < 1.29 is 9.59 Å². The van der Waals surface area contributed by atoms with Gasteiger partial charge in [0, 0.05) is 11.4 Å². The SMILES string of the molecule is CC(C)(C)/C=C/C(=O)Nc1cccc(NC(=O)CC#N)c1. The summed E-state index contributed by atoms with van der Waals surface area (Å²) in [5, 5.41) is 13.7. The molecule has 0 bridgehead atoms. The smallest absolute Gasteiger partial charge is 0.248 e. The highest BCUT2D eigenvalue weighted by molar-refractivity contribution is 6.00. The predicted octanol–water partition coefficient (Wildman–Crippen LogP) is 3.08. The second-order valence-electron chi connectivity index (χ2n) is 5.65. The number of rotatable bonds is 4. The van der Waals surface area contributed by atoms with Gasteiger partial charge in [-0.05, 0) is 29.7 Å². The fraction of sp³-hybridized carbons (Fsp3) is 0.312. The number of nitrogens with one attached hydrogen (secondary N) is 2. The Bertz CT molecular complexity index is 592. The van der Waals surface area contributed by atoms with E-state index in [0.717, 1.165) is 0 Å². The molecule has 1 aromatic rings. The highest BCUT2D eigenvalue weighted by Crippen LogP contribution is 2.17. The van der Waals surface area contributed by atoms with Crippen LogP contribution in [-0.2, 0) is 9.59 Å². The van der Waals surface area contributed by atoms with Crippen molar-refractivity contribution in [1.29, 1.82) is 5.26 Å². The van der Waals surface area contributed by atoms with E-state index in [0.29, 0.717) is 11.4 Å². The number of carbonyl (C=O) groups is 2. The molecule has 0 aliphatic heterocycles. The first-order chi connectivity index (χ1) is 9.80. The van der Waals surface area contributed by atoms with E-state index >= 15 is 0 Å². The molecule has 0 aliphatic rings. The topological polar surface area (TPSA) is 82.0 Å². The number of allylic oxidation sites excluding steroid dienone is 1. The predicted molar refractivity (Wildman–Crippen MR) is 82.5 cm³/mol. The first-order valence-electron chi connectivity index (χ1n) is 6.57. The maximum atomic E-state index is 11.8. The summed E-state index contributed by atoms with van der Waals surface area (Å²) in [6.07, 6.45) is 3.10. The number of nitriles is 1. The van der Waals surface area contributed by atoms with Crippen molar-refractivity contribution in [1.82, 2.24) is 0 Å². The number of carbonyl (C=O) groups excluding carboxylic acids is 2. The molecule has 0 saturated carbocycles. The molecule has 1 aromatic carbocycles. The molecule has 1 rings (SSSR count). The third kappa shape index (κ3) is 6.92. The average Bonchev–Trinajstić information content (AvgIpc) is 2.36. The molecule has 0 aromatic heterocycles. The van der Waals surface area contributed by atoms with Crippen LogP contribution < -0.4 is 10.6 Å². The van der Waals surface area contributed by atoms with Crippen LogP contribution in [0.4, 0.5) is 11.4 Å². The maximum absolute atomic E-state index is 11.8. The van der Waals surface area contributed by atoms with Gasteiger partial charge in [-0.15, -0.1) is 0 Å². The van der Waals surface area contributed by atoms with E-state index < -0.39 is 0 Å². The molecule has 0 saturated heterocycles. The fourth-order valence-corrected chi connectivity index (χ4v) is 1.46. The Balaban J connectivity index is 2.69. The summed E-state index contributed by atoms with van der Waals surface area (Å²) in [5.41, 5.74) is 1.05. The first kappa shape index (κ1) is 16.4. The molecule has 0 spiro atoms. The van der Waals surface area contributed by atoms with Crippen LogP contribution in [0.5, 0.6) is 0 Å². The molecule has 110 valence electrons. The normalized spacial score (nSPS) is 11.0. The van der Waals surface area contributed by atoms with Gasteiger partial charge in [-0.2, -0.15) is 5.26 Å². The molecular weight excluding hydrogens is 266 g/mol. The number of hydrogen-bond donors (Lipinski definition) is 2. The van der Waals surface area contributed by atoms with Gasteiger partial charge >= 0.3 is 0 Å². The van der Waals surface area contributed by atoms with Gasteiger partial charge in [-0.1, -0.05) is 32.9 Å². The van der Waals surface area contributed by atoms with Crippen LogP contribution in [0.25, 0.3) is 0 Å². The van der Waals surface area contributed by atoms with E-state index in [2.05, 4.69) is 10.6 Å². The summed E-state index contributed by atoms with van der Waals surface area (Å²) < 4.78 is 0. The molecule has 0 fully saturated rings. The van der Waals surface area contributed by atoms with Gasteiger partial charge in [0.1, 0.15) is 6.42 Å². The highest BCUT2D eigenvalue weighted by atomic mass is 16.2. The molecule has 2 amide bonds. The number of anilines is 2. The molecule has 5 heteroatoms. The average molecular weight is 285 g/mol. The van der Waals surface area contributed by atoms with Crippen LogP contribution in [0.3, 0.4) is 0 Å². The second kappa shape index (κ2) is 7.25. The van der Waals surface area contributed by atoms with Crippen molar-refractivity contribution in [3.63, 3.8) is 0 Å². The lowest BCUT2D eigenvalue weighted by molar-refractivity contribution is -0.115. The molecule has 0 radical (unpaired) electrons. The Morgan fingerprint density at radius 2 is 1.86 bits per heavy atom. The third-order valence-corrected chi connectivity index (χ3v) is 2.39. The van der Waals surface area contributed by atoms with Gasteiger partial charge in [0.2, 0.25) is 11.8 Å². The van der Waals surface area contributed by atoms with Crippen LogP contribution >= 0.6 is 0 Å². The van der Waals surface area contributed by atoms with Gasteiger partial charge in [0.05, 0.1) is 6.07 Å². The van der Waals surface area contributed by atoms with Gasteiger partial charge in [-0.25, -0.2) is 0 Å². The lowest BCUT2D eigenvalue weighted by Gasteiger charge is -2.11. The number of hydrogen-bond acceptors (Lipinski definition) is 3. The summed E-state index contributed by atoms with van der Waals surface area (Å²) in [6.45, 7) is 6.01. The molecule has 0 atom stereocenters. The molecule has 0 aliphatic carbocycles. The van der Waals surface area contributed by atoms with Crippen molar-refractivity contribution in [2.45, 2.75) is 27.2 Å². The van der Waals surface area contributed by atoms with E-state index in [9.17, 15) is 9.59 Å². The minimum atomic E-state index is -0.381. The van der Waals surface area contributed by atoms with E-state index in [1.165, 1.54) is 6.08 Å². The van der Waals surface area contributed by atoms with Crippen LogP contribution in [0.1, 0.15) is 27.2 Å². The standard InChI is InChI=1S/C16H19N3O2/c1-16(2,3)9-7-14(20)18-12-5-4-6-13(11-12)19-15(21)8-10-17/h4-7,9,11H,8H2,1-3H3,(H,18,20)(H,19,21)/b9-7+. The zero-order chi connectivity index (χ0) is 15.9. The number of benzene rings is 1. The summed E-state index contributed by atoms with van der Waals surface area (Å²) in [7, 11) is 0.